The predicted molar refractivity (Wildman–Crippen MR) is 129 cm³/mol. The van der Waals surface area contributed by atoms with Crippen LogP contribution in [-0.2, 0) is 16.1 Å². The number of aliphatic hydroxyl groups is 1. The summed E-state index contributed by atoms with van der Waals surface area (Å²) in [6, 6.07) is 13.2. The first kappa shape index (κ1) is 25.9. The quantitative estimate of drug-likeness (QED) is 0.394. The number of amides is 3. The molecule has 10 heteroatoms. The van der Waals surface area contributed by atoms with Gasteiger partial charge in [0.1, 0.15) is 36.1 Å². The van der Waals surface area contributed by atoms with Crippen LogP contribution >= 0.6 is 0 Å². The van der Waals surface area contributed by atoms with E-state index >= 15 is 0 Å². The minimum Gasteiger partial charge on any atom is -0.494 e. The van der Waals surface area contributed by atoms with Crippen LogP contribution in [0.1, 0.15) is 12.0 Å². The number of benzene rings is 2. The van der Waals surface area contributed by atoms with Crippen LogP contribution in [0, 0.1) is 5.82 Å². The van der Waals surface area contributed by atoms with Crippen molar-refractivity contribution in [1.82, 2.24) is 14.7 Å². The van der Waals surface area contributed by atoms with Gasteiger partial charge in [0, 0.05) is 39.3 Å². The van der Waals surface area contributed by atoms with Gasteiger partial charge in [-0.25, -0.2) is 9.18 Å². The van der Waals surface area contributed by atoms with Gasteiger partial charge >= 0.3 is 6.03 Å². The molecule has 2 aliphatic rings. The highest BCUT2D eigenvalue weighted by molar-refractivity contribution is 6.01. The average Bonchev–Trinajstić information content (AvgIpc) is 2.98. The first-order valence-electron chi connectivity index (χ1n) is 12.0. The van der Waals surface area contributed by atoms with Crippen molar-refractivity contribution in [1.29, 1.82) is 0 Å². The van der Waals surface area contributed by atoms with Crippen molar-refractivity contribution >= 4 is 11.9 Å². The zero-order valence-electron chi connectivity index (χ0n) is 20.4. The Morgan fingerprint density at radius 3 is 2.64 bits per heavy atom. The number of rotatable bonds is 10. The van der Waals surface area contributed by atoms with Crippen molar-refractivity contribution in [2.45, 2.75) is 18.6 Å². The maximum atomic E-state index is 13.4. The van der Waals surface area contributed by atoms with E-state index < -0.39 is 11.4 Å². The van der Waals surface area contributed by atoms with Crippen molar-refractivity contribution in [3.05, 3.63) is 59.9 Å². The second kappa shape index (κ2) is 11.7. The Hall–Kier alpha value is -3.21. The Balaban J connectivity index is 1.23. The fraction of sp³-hybridized carbons (Fsp3) is 0.462. The second-order valence-corrected chi connectivity index (χ2v) is 9.26. The molecule has 1 atom stereocenters. The van der Waals surface area contributed by atoms with Crippen LogP contribution in [0.25, 0.3) is 0 Å². The van der Waals surface area contributed by atoms with Crippen molar-refractivity contribution in [2.24, 2.45) is 0 Å². The normalized spacial score (nSPS) is 21.1. The molecule has 2 aromatic rings. The zero-order chi connectivity index (χ0) is 25.5. The molecule has 0 bridgehead atoms. The molecule has 0 unspecified atom stereocenters. The van der Waals surface area contributed by atoms with Crippen LogP contribution in [0.15, 0.2) is 48.5 Å². The van der Waals surface area contributed by atoms with Gasteiger partial charge in [-0.1, -0.05) is 18.2 Å². The summed E-state index contributed by atoms with van der Waals surface area (Å²) in [7, 11) is 1.61. The Labute approximate surface area is 209 Å². The van der Waals surface area contributed by atoms with Gasteiger partial charge in [-0.15, -0.1) is 0 Å². The number of β-amino-alcohol motifs (C(OH)–C–C–N with tert-alkyl or cyclic N) is 1. The third kappa shape index (κ3) is 6.93. The van der Waals surface area contributed by atoms with Gasteiger partial charge in [-0.3, -0.25) is 14.6 Å². The number of carbonyl (C=O) groups is 2. The lowest BCUT2D eigenvalue weighted by atomic mass is 10.1. The van der Waals surface area contributed by atoms with E-state index in [-0.39, 0.29) is 31.7 Å². The molecule has 36 heavy (non-hydrogen) atoms. The van der Waals surface area contributed by atoms with Gasteiger partial charge < -0.3 is 24.2 Å². The lowest BCUT2D eigenvalue weighted by molar-refractivity contribution is -0.125. The standard InChI is InChI=1S/C26H32FN3O6/c1-28-16-24(31)30(25(28)32)10-3-12-35-22-8-6-20(7-9-22)15-29-11-13-34-18-26(33,17-29)19-36-23-5-2-4-21(27)14-23/h2,4-9,14,33H,3,10-13,15-19H2,1H3/t26-/m0/s1. The molecule has 0 aromatic heterocycles. The predicted octanol–water partition coefficient (Wildman–Crippen LogP) is 2.13. The highest BCUT2D eigenvalue weighted by atomic mass is 19.1. The van der Waals surface area contributed by atoms with Crippen molar-refractivity contribution < 1.29 is 33.3 Å². The van der Waals surface area contributed by atoms with Gasteiger partial charge in [-0.05, 0) is 36.2 Å². The molecular weight excluding hydrogens is 469 g/mol. The Bertz CT molecular complexity index is 1050. The number of nitrogens with zero attached hydrogens (tertiary/aromatic N) is 3. The highest BCUT2D eigenvalue weighted by Gasteiger charge is 2.34. The first-order chi connectivity index (χ1) is 17.3. The highest BCUT2D eigenvalue weighted by Crippen LogP contribution is 2.20. The topological polar surface area (TPSA) is 91.8 Å². The summed E-state index contributed by atoms with van der Waals surface area (Å²) in [5.74, 6) is 0.489. The molecule has 2 heterocycles. The van der Waals surface area contributed by atoms with Crippen LogP contribution in [0.2, 0.25) is 0 Å². The molecule has 0 aliphatic carbocycles. The van der Waals surface area contributed by atoms with Crippen LogP contribution in [0.3, 0.4) is 0 Å². The summed E-state index contributed by atoms with van der Waals surface area (Å²) < 4.78 is 30.4. The number of urea groups is 1. The molecule has 2 aliphatic heterocycles. The maximum Gasteiger partial charge on any atom is 0.326 e. The van der Waals surface area contributed by atoms with Crippen molar-refractivity contribution in [2.75, 3.05) is 59.7 Å². The summed E-state index contributed by atoms with van der Waals surface area (Å²) in [5.41, 5.74) is -0.173. The van der Waals surface area contributed by atoms with E-state index in [0.29, 0.717) is 57.3 Å². The number of hydrogen-bond acceptors (Lipinski definition) is 7. The fourth-order valence-electron chi connectivity index (χ4n) is 4.24. The van der Waals surface area contributed by atoms with Gasteiger partial charge in [-0.2, -0.15) is 0 Å². The van der Waals surface area contributed by atoms with Gasteiger partial charge in [0.2, 0.25) is 5.91 Å². The fourth-order valence-corrected chi connectivity index (χ4v) is 4.24. The van der Waals surface area contributed by atoms with E-state index in [1.807, 2.05) is 24.3 Å². The van der Waals surface area contributed by atoms with Crippen LogP contribution in [0.5, 0.6) is 11.5 Å². The number of ether oxygens (including phenoxy) is 3. The largest absolute Gasteiger partial charge is 0.494 e. The van der Waals surface area contributed by atoms with Gasteiger partial charge in [0.15, 0.2) is 0 Å². The molecule has 2 saturated heterocycles. The van der Waals surface area contributed by atoms with Gasteiger partial charge in [0.25, 0.3) is 0 Å². The zero-order valence-corrected chi connectivity index (χ0v) is 20.4. The Morgan fingerprint density at radius 1 is 1.11 bits per heavy atom. The summed E-state index contributed by atoms with van der Waals surface area (Å²) in [6.45, 7) is 3.08. The second-order valence-electron chi connectivity index (χ2n) is 9.26. The average molecular weight is 502 g/mol. The number of carbonyl (C=O) groups excluding carboxylic acids is 2. The third-order valence-corrected chi connectivity index (χ3v) is 6.10. The van der Waals surface area contributed by atoms with Crippen LogP contribution < -0.4 is 9.47 Å². The third-order valence-electron chi connectivity index (χ3n) is 6.10. The monoisotopic (exact) mass is 501 g/mol. The van der Waals surface area contributed by atoms with Gasteiger partial charge in [0.05, 0.1) is 19.8 Å². The molecular formula is C26H32FN3O6. The number of hydrogen-bond donors (Lipinski definition) is 1. The number of halogens is 1. The summed E-state index contributed by atoms with van der Waals surface area (Å²) in [6.07, 6.45) is 0.553. The van der Waals surface area contributed by atoms with E-state index in [1.165, 1.54) is 21.9 Å². The summed E-state index contributed by atoms with van der Waals surface area (Å²) in [5, 5.41) is 11.1. The van der Waals surface area contributed by atoms with E-state index in [9.17, 15) is 19.1 Å². The SMILES string of the molecule is CN1CC(=O)N(CCCOc2ccc(CN3CCOC[C@](O)(COc4cccc(F)c4)C3)cc2)C1=O. The molecule has 2 aromatic carbocycles. The molecule has 1 N–H and O–H groups in total. The molecule has 0 saturated carbocycles. The Morgan fingerprint density at radius 2 is 1.92 bits per heavy atom. The Kier molecular flexibility index (Phi) is 8.40. The summed E-state index contributed by atoms with van der Waals surface area (Å²) >= 11 is 0. The molecule has 0 spiro atoms. The van der Waals surface area contributed by atoms with Crippen molar-refractivity contribution in [3.8, 4) is 11.5 Å². The lowest BCUT2D eigenvalue weighted by Crippen LogP contribution is -2.48. The maximum absolute atomic E-state index is 13.4. The molecule has 0 radical (unpaired) electrons. The van der Waals surface area contributed by atoms with E-state index in [0.717, 1.165) is 5.56 Å². The minimum atomic E-state index is -1.22. The molecule has 4 rings (SSSR count). The van der Waals surface area contributed by atoms with E-state index in [1.54, 1.807) is 19.2 Å². The number of imide groups is 1. The van der Waals surface area contributed by atoms with Crippen molar-refractivity contribution in [3.63, 3.8) is 0 Å². The van der Waals surface area contributed by atoms with Crippen LogP contribution in [0.4, 0.5) is 9.18 Å². The number of likely N-dealkylation sites (N-methyl/N-ethyl adjacent to an activating group) is 1. The smallest absolute Gasteiger partial charge is 0.326 e. The molecule has 3 amide bonds. The van der Waals surface area contributed by atoms with Crippen LogP contribution in [-0.4, -0.2) is 97.0 Å². The lowest BCUT2D eigenvalue weighted by Gasteiger charge is -2.30. The molecule has 2 fully saturated rings. The summed E-state index contributed by atoms with van der Waals surface area (Å²) in [4.78, 5) is 28.5. The van der Waals surface area contributed by atoms with E-state index in [4.69, 9.17) is 14.2 Å². The molecule has 9 nitrogen and oxygen atoms in total. The minimum absolute atomic E-state index is 0.00928. The molecule has 194 valence electrons. The van der Waals surface area contributed by atoms with E-state index in [2.05, 4.69) is 4.90 Å². The first-order valence-corrected chi connectivity index (χ1v) is 12.0.